The van der Waals surface area contributed by atoms with Crippen molar-refractivity contribution < 1.29 is 0 Å². The second-order valence-corrected chi connectivity index (χ2v) is 4.31. The zero-order chi connectivity index (χ0) is 10.4. The number of unbranched alkanes of at least 4 members (excludes halogenated alkanes) is 3. The molecule has 1 rings (SSSR count). The van der Waals surface area contributed by atoms with Gasteiger partial charge in [-0.15, -0.1) is 0 Å². The predicted molar refractivity (Wildman–Crippen MR) is 64.0 cm³/mol. The van der Waals surface area contributed by atoms with E-state index in [0.29, 0.717) is 0 Å². The van der Waals surface area contributed by atoms with E-state index in [1.165, 1.54) is 36.8 Å². The molecule has 0 aliphatic rings. The van der Waals surface area contributed by atoms with E-state index in [0.717, 1.165) is 11.4 Å². The van der Waals surface area contributed by atoms with Crippen LogP contribution in [-0.2, 0) is 6.42 Å². The lowest BCUT2D eigenvalue weighted by atomic mass is 10.0. The highest BCUT2D eigenvalue weighted by Crippen LogP contribution is 2.19. The first kappa shape index (κ1) is 11.6. The van der Waals surface area contributed by atoms with Gasteiger partial charge in [-0.3, -0.25) is 0 Å². The molecule has 0 aromatic heterocycles. The Bertz CT molecular complexity index is 279. The summed E-state index contributed by atoms with van der Waals surface area (Å²) in [6.45, 7) is 4.31. The minimum Gasteiger partial charge on any atom is -0.0840 e. The smallest absolute Gasteiger partial charge is 0.0440 e. The van der Waals surface area contributed by atoms with Gasteiger partial charge in [0.05, 0.1) is 0 Å². The van der Waals surface area contributed by atoms with Crippen LogP contribution in [0.25, 0.3) is 0 Å². The van der Waals surface area contributed by atoms with E-state index in [2.05, 4.69) is 32.0 Å². The molecule has 0 aliphatic heterocycles. The average molecular weight is 211 g/mol. The highest BCUT2D eigenvalue weighted by molar-refractivity contribution is 6.31. The van der Waals surface area contributed by atoms with Gasteiger partial charge in [-0.25, -0.2) is 0 Å². The Hall–Kier alpha value is -0.490. The highest BCUT2D eigenvalue weighted by Gasteiger charge is 1.99. The Morgan fingerprint density at radius 2 is 1.93 bits per heavy atom. The Morgan fingerprint density at radius 3 is 2.57 bits per heavy atom. The van der Waals surface area contributed by atoms with Gasteiger partial charge in [0, 0.05) is 5.02 Å². The summed E-state index contributed by atoms with van der Waals surface area (Å²) in [5.74, 6) is 0. The number of hydrogen-bond acceptors (Lipinski definition) is 0. The zero-order valence-corrected chi connectivity index (χ0v) is 9.90. The van der Waals surface area contributed by atoms with Crippen LogP contribution in [0.4, 0.5) is 0 Å². The topological polar surface area (TPSA) is 0 Å². The van der Waals surface area contributed by atoms with Crippen molar-refractivity contribution in [2.45, 2.75) is 46.0 Å². The van der Waals surface area contributed by atoms with Gasteiger partial charge in [-0.05, 0) is 37.0 Å². The van der Waals surface area contributed by atoms with Gasteiger partial charge < -0.3 is 0 Å². The average Bonchev–Trinajstić information content (AvgIpc) is 2.15. The van der Waals surface area contributed by atoms with Crippen molar-refractivity contribution in [1.29, 1.82) is 0 Å². The third-order valence-electron chi connectivity index (χ3n) is 2.51. The van der Waals surface area contributed by atoms with E-state index in [1.807, 2.05) is 0 Å². The van der Waals surface area contributed by atoms with E-state index >= 15 is 0 Å². The van der Waals surface area contributed by atoms with Gasteiger partial charge >= 0.3 is 0 Å². The maximum absolute atomic E-state index is 6.14. The summed E-state index contributed by atoms with van der Waals surface area (Å²) in [6.07, 6.45) is 6.33. The Balaban J connectivity index is 2.42. The summed E-state index contributed by atoms with van der Waals surface area (Å²) in [5, 5.41) is 0.932. The monoisotopic (exact) mass is 210 g/mol. The first-order valence-corrected chi connectivity index (χ1v) is 5.87. The summed E-state index contributed by atoms with van der Waals surface area (Å²) in [7, 11) is 0. The van der Waals surface area contributed by atoms with Crippen molar-refractivity contribution in [2.75, 3.05) is 0 Å². The van der Waals surface area contributed by atoms with E-state index in [-0.39, 0.29) is 0 Å². The van der Waals surface area contributed by atoms with E-state index in [9.17, 15) is 0 Å². The Labute approximate surface area is 92.3 Å². The first-order valence-electron chi connectivity index (χ1n) is 5.49. The standard InChI is InChI=1S/C13H19Cl/c1-3-4-5-6-7-12-9-8-11(2)10-13(12)14/h8-10H,3-7H2,1-2H3. The molecule has 0 bridgehead atoms. The molecular formula is C13H19Cl. The van der Waals surface area contributed by atoms with Crippen molar-refractivity contribution in [3.63, 3.8) is 0 Å². The van der Waals surface area contributed by atoms with Crippen LogP contribution in [0, 0.1) is 6.92 Å². The molecule has 78 valence electrons. The van der Waals surface area contributed by atoms with Crippen LogP contribution in [0.15, 0.2) is 18.2 Å². The molecule has 0 saturated heterocycles. The second kappa shape index (κ2) is 6.08. The van der Waals surface area contributed by atoms with Crippen molar-refractivity contribution in [3.05, 3.63) is 34.3 Å². The molecule has 1 aromatic carbocycles. The van der Waals surface area contributed by atoms with Crippen LogP contribution in [0.5, 0.6) is 0 Å². The maximum atomic E-state index is 6.14. The highest BCUT2D eigenvalue weighted by atomic mass is 35.5. The molecule has 0 atom stereocenters. The third-order valence-corrected chi connectivity index (χ3v) is 2.86. The Kier molecular flexibility index (Phi) is 5.03. The number of rotatable bonds is 5. The third kappa shape index (κ3) is 3.71. The number of hydrogen-bond donors (Lipinski definition) is 0. The van der Waals surface area contributed by atoms with Gasteiger partial charge in [-0.1, -0.05) is 49.9 Å². The molecule has 0 heterocycles. The summed E-state index contributed by atoms with van der Waals surface area (Å²) < 4.78 is 0. The molecule has 0 unspecified atom stereocenters. The summed E-state index contributed by atoms with van der Waals surface area (Å²) >= 11 is 6.14. The molecule has 0 fully saturated rings. The van der Waals surface area contributed by atoms with Crippen LogP contribution < -0.4 is 0 Å². The quantitative estimate of drug-likeness (QED) is 0.614. The number of benzene rings is 1. The zero-order valence-electron chi connectivity index (χ0n) is 9.15. The summed E-state index contributed by atoms with van der Waals surface area (Å²) in [5.41, 5.74) is 2.54. The fourth-order valence-corrected chi connectivity index (χ4v) is 1.93. The lowest BCUT2D eigenvalue weighted by molar-refractivity contribution is 0.667. The minimum absolute atomic E-state index is 0.932. The van der Waals surface area contributed by atoms with Gasteiger partial charge in [0.1, 0.15) is 0 Å². The Morgan fingerprint density at radius 1 is 1.14 bits per heavy atom. The van der Waals surface area contributed by atoms with Crippen LogP contribution in [-0.4, -0.2) is 0 Å². The molecular weight excluding hydrogens is 192 g/mol. The molecule has 0 amide bonds. The number of aryl methyl sites for hydroxylation is 2. The predicted octanol–water partition coefficient (Wildman–Crippen LogP) is 4.77. The molecule has 0 radical (unpaired) electrons. The number of halogens is 1. The normalized spacial score (nSPS) is 10.5. The van der Waals surface area contributed by atoms with Gasteiger partial charge in [0.25, 0.3) is 0 Å². The maximum Gasteiger partial charge on any atom is 0.0440 e. The van der Waals surface area contributed by atoms with E-state index in [1.54, 1.807) is 0 Å². The van der Waals surface area contributed by atoms with Crippen LogP contribution in [0.3, 0.4) is 0 Å². The molecule has 0 aliphatic carbocycles. The summed E-state index contributed by atoms with van der Waals surface area (Å²) in [6, 6.07) is 6.35. The van der Waals surface area contributed by atoms with Crippen LogP contribution >= 0.6 is 11.6 Å². The fourth-order valence-electron chi connectivity index (χ4n) is 1.60. The van der Waals surface area contributed by atoms with Crippen molar-refractivity contribution in [1.82, 2.24) is 0 Å². The molecule has 0 nitrogen and oxygen atoms in total. The largest absolute Gasteiger partial charge is 0.0840 e. The van der Waals surface area contributed by atoms with Gasteiger partial charge in [0.15, 0.2) is 0 Å². The van der Waals surface area contributed by atoms with Crippen molar-refractivity contribution in [2.24, 2.45) is 0 Å². The molecule has 0 saturated carbocycles. The SMILES string of the molecule is CCCCCCc1ccc(C)cc1Cl. The molecule has 0 spiro atoms. The van der Waals surface area contributed by atoms with Gasteiger partial charge in [0.2, 0.25) is 0 Å². The lowest BCUT2D eigenvalue weighted by Gasteiger charge is -2.04. The van der Waals surface area contributed by atoms with Crippen molar-refractivity contribution >= 4 is 11.6 Å². The summed E-state index contributed by atoms with van der Waals surface area (Å²) in [4.78, 5) is 0. The fraction of sp³-hybridized carbons (Fsp3) is 0.538. The van der Waals surface area contributed by atoms with Gasteiger partial charge in [-0.2, -0.15) is 0 Å². The van der Waals surface area contributed by atoms with E-state index in [4.69, 9.17) is 11.6 Å². The first-order chi connectivity index (χ1) is 6.74. The lowest BCUT2D eigenvalue weighted by Crippen LogP contribution is -1.88. The van der Waals surface area contributed by atoms with Crippen LogP contribution in [0.2, 0.25) is 5.02 Å². The molecule has 14 heavy (non-hydrogen) atoms. The molecule has 1 heteroatoms. The van der Waals surface area contributed by atoms with E-state index < -0.39 is 0 Å². The molecule has 1 aromatic rings. The van der Waals surface area contributed by atoms with Crippen LogP contribution in [0.1, 0.15) is 43.7 Å². The van der Waals surface area contributed by atoms with Crippen molar-refractivity contribution in [3.8, 4) is 0 Å². The molecule has 0 N–H and O–H groups in total. The second-order valence-electron chi connectivity index (χ2n) is 3.91. The minimum atomic E-state index is 0.932.